The maximum atomic E-state index is 12.8. The van der Waals surface area contributed by atoms with Gasteiger partial charge in [0.1, 0.15) is 11.4 Å². The summed E-state index contributed by atoms with van der Waals surface area (Å²) in [6, 6.07) is 3.66. The SMILES string of the molecule is CC/C(=N\OCSC)C(=O)N(CC)c1cn(-c2cccnc2)nc1Cl. The fraction of sp³-hybridized carbons (Fsp3) is 0.375. The fourth-order valence-corrected chi connectivity index (χ4v) is 2.53. The standard InChI is InChI=1S/C16H20ClN5O2S/c1-4-13(20-24-11-25-3)16(23)21(5-2)14-10-22(19-15(14)17)12-7-6-8-18-9-12/h6-10H,4-5,11H2,1-3H3/b20-13+. The molecule has 2 heterocycles. The normalized spacial score (nSPS) is 11.4. The van der Waals surface area contributed by atoms with Crippen LogP contribution in [0.15, 0.2) is 35.9 Å². The smallest absolute Gasteiger partial charge is 0.276 e. The van der Waals surface area contributed by atoms with Crippen molar-refractivity contribution in [2.45, 2.75) is 20.3 Å². The highest BCUT2D eigenvalue weighted by molar-refractivity contribution is 7.98. The number of nitrogens with zero attached hydrogens (tertiary/aromatic N) is 5. The first-order valence-corrected chi connectivity index (χ1v) is 9.54. The predicted octanol–water partition coefficient (Wildman–Crippen LogP) is 3.38. The Morgan fingerprint density at radius 3 is 2.88 bits per heavy atom. The van der Waals surface area contributed by atoms with E-state index in [0.29, 0.717) is 30.3 Å². The molecule has 0 aromatic carbocycles. The van der Waals surface area contributed by atoms with Crippen LogP contribution in [0.2, 0.25) is 5.15 Å². The number of hydrogen-bond donors (Lipinski definition) is 0. The van der Waals surface area contributed by atoms with E-state index < -0.39 is 0 Å². The molecule has 0 fully saturated rings. The summed E-state index contributed by atoms with van der Waals surface area (Å²) in [5.74, 6) is 0.140. The summed E-state index contributed by atoms with van der Waals surface area (Å²) in [6.45, 7) is 4.15. The number of aromatic nitrogens is 3. The molecule has 25 heavy (non-hydrogen) atoms. The van der Waals surface area contributed by atoms with Crippen LogP contribution in [-0.4, -0.2) is 45.1 Å². The molecule has 134 valence electrons. The Balaban J connectivity index is 2.29. The molecular weight excluding hydrogens is 362 g/mol. The second kappa shape index (κ2) is 9.43. The van der Waals surface area contributed by atoms with E-state index >= 15 is 0 Å². The molecule has 0 aliphatic rings. The van der Waals surface area contributed by atoms with E-state index in [1.54, 1.807) is 29.3 Å². The first-order valence-electron chi connectivity index (χ1n) is 7.77. The van der Waals surface area contributed by atoms with Crippen LogP contribution >= 0.6 is 23.4 Å². The van der Waals surface area contributed by atoms with E-state index in [1.807, 2.05) is 26.2 Å². The second-order valence-corrected chi connectivity index (χ2v) is 6.11. The largest absolute Gasteiger partial charge is 0.384 e. The number of oxime groups is 1. The first kappa shape index (κ1) is 19.3. The van der Waals surface area contributed by atoms with Crippen LogP contribution in [0.4, 0.5) is 5.69 Å². The van der Waals surface area contributed by atoms with Gasteiger partial charge in [0.2, 0.25) is 0 Å². The maximum Gasteiger partial charge on any atom is 0.276 e. The summed E-state index contributed by atoms with van der Waals surface area (Å²) in [5.41, 5.74) is 1.61. The average molecular weight is 382 g/mol. The van der Waals surface area contributed by atoms with Gasteiger partial charge < -0.3 is 9.74 Å². The van der Waals surface area contributed by atoms with E-state index in [2.05, 4.69) is 15.2 Å². The molecule has 2 aromatic heterocycles. The zero-order valence-corrected chi connectivity index (χ0v) is 15.9. The Bertz CT molecular complexity index is 735. The quantitative estimate of drug-likeness (QED) is 0.303. The van der Waals surface area contributed by atoms with Gasteiger partial charge in [0.15, 0.2) is 11.1 Å². The summed E-state index contributed by atoms with van der Waals surface area (Å²) in [4.78, 5) is 23.5. The molecule has 1 amide bonds. The number of pyridine rings is 1. The number of carbonyl (C=O) groups is 1. The van der Waals surface area contributed by atoms with Crippen molar-refractivity contribution in [3.63, 3.8) is 0 Å². The molecule has 2 aromatic rings. The summed E-state index contributed by atoms with van der Waals surface area (Å²) in [7, 11) is 0. The van der Waals surface area contributed by atoms with Crippen molar-refractivity contribution >= 4 is 40.7 Å². The molecule has 0 saturated heterocycles. The van der Waals surface area contributed by atoms with E-state index in [0.717, 1.165) is 5.69 Å². The number of amides is 1. The van der Waals surface area contributed by atoms with Gasteiger partial charge in [-0.1, -0.05) is 23.7 Å². The Labute approximate surface area is 156 Å². The van der Waals surface area contributed by atoms with Crippen LogP contribution in [0.3, 0.4) is 0 Å². The number of rotatable bonds is 8. The highest BCUT2D eigenvalue weighted by atomic mass is 35.5. The summed E-state index contributed by atoms with van der Waals surface area (Å²) in [6.07, 6.45) is 7.40. The molecule has 0 aliphatic heterocycles. The fourth-order valence-electron chi connectivity index (χ4n) is 2.14. The molecule has 0 radical (unpaired) electrons. The van der Waals surface area contributed by atoms with Gasteiger partial charge in [-0.3, -0.25) is 9.78 Å². The molecule has 0 atom stereocenters. The van der Waals surface area contributed by atoms with Crippen molar-refractivity contribution in [3.8, 4) is 5.69 Å². The van der Waals surface area contributed by atoms with Crippen LogP contribution in [0.1, 0.15) is 20.3 Å². The monoisotopic (exact) mass is 381 g/mol. The Morgan fingerprint density at radius 1 is 1.48 bits per heavy atom. The zero-order valence-electron chi connectivity index (χ0n) is 14.3. The van der Waals surface area contributed by atoms with E-state index in [9.17, 15) is 4.79 Å². The van der Waals surface area contributed by atoms with Crippen molar-refractivity contribution in [2.24, 2.45) is 5.16 Å². The number of halogens is 1. The van der Waals surface area contributed by atoms with E-state index in [-0.39, 0.29) is 11.1 Å². The third-order valence-corrected chi connectivity index (χ3v) is 3.95. The van der Waals surface area contributed by atoms with Gasteiger partial charge in [-0.25, -0.2) is 4.68 Å². The van der Waals surface area contributed by atoms with Crippen LogP contribution in [0, 0.1) is 0 Å². The lowest BCUT2D eigenvalue weighted by atomic mass is 10.2. The van der Waals surface area contributed by atoms with Crippen LogP contribution in [0.25, 0.3) is 5.69 Å². The van der Waals surface area contributed by atoms with Gasteiger partial charge in [0, 0.05) is 12.7 Å². The average Bonchev–Trinajstić information content (AvgIpc) is 3.02. The molecule has 0 spiro atoms. The molecular formula is C16H20ClN5O2S. The predicted molar refractivity (Wildman–Crippen MR) is 102 cm³/mol. The van der Waals surface area contributed by atoms with E-state index in [1.165, 1.54) is 16.7 Å². The molecule has 0 aliphatic carbocycles. The minimum Gasteiger partial charge on any atom is -0.384 e. The summed E-state index contributed by atoms with van der Waals surface area (Å²) < 4.78 is 1.59. The Hall–Kier alpha value is -2.06. The van der Waals surface area contributed by atoms with Gasteiger partial charge in [0.05, 0.1) is 18.1 Å². The first-order chi connectivity index (χ1) is 12.1. The lowest BCUT2D eigenvalue weighted by Crippen LogP contribution is -2.36. The topological polar surface area (TPSA) is 72.6 Å². The van der Waals surface area contributed by atoms with Gasteiger partial charge in [-0.15, -0.1) is 11.8 Å². The summed E-state index contributed by atoms with van der Waals surface area (Å²) >= 11 is 7.75. The minimum atomic E-state index is -0.251. The van der Waals surface area contributed by atoms with Crippen LogP contribution in [0.5, 0.6) is 0 Å². The van der Waals surface area contributed by atoms with Crippen LogP contribution in [-0.2, 0) is 9.63 Å². The van der Waals surface area contributed by atoms with Gasteiger partial charge in [0.25, 0.3) is 5.91 Å². The van der Waals surface area contributed by atoms with Gasteiger partial charge in [-0.05, 0) is 31.7 Å². The highest BCUT2D eigenvalue weighted by Gasteiger charge is 2.24. The number of carbonyl (C=O) groups excluding carboxylic acids is 1. The van der Waals surface area contributed by atoms with Crippen molar-refractivity contribution in [3.05, 3.63) is 35.9 Å². The van der Waals surface area contributed by atoms with E-state index in [4.69, 9.17) is 16.4 Å². The van der Waals surface area contributed by atoms with Crippen molar-refractivity contribution in [1.29, 1.82) is 0 Å². The minimum absolute atomic E-state index is 0.236. The molecule has 0 N–H and O–H groups in total. The molecule has 9 heteroatoms. The second-order valence-electron chi connectivity index (χ2n) is 4.94. The third-order valence-electron chi connectivity index (χ3n) is 3.34. The van der Waals surface area contributed by atoms with Crippen molar-refractivity contribution in [2.75, 3.05) is 23.6 Å². The van der Waals surface area contributed by atoms with Crippen molar-refractivity contribution < 1.29 is 9.63 Å². The lowest BCUT2D eigenvalue weighted by molar-refractivity contribution is -0.112. The number of thioether (sulfide) groups is 1. The zero-order chi connectivity index (χ0) is 18.2. The maximum absolute atomic E-state index is 12.8. The summed E-state index contributed by atoms with van der Waals surface area (Å²) in [5, 5.41) is 8.45. The molecule has 0 saturated carbocycles. The lowest BCUT2D eigenvalue weighted by Gasteiger charge is -2.19. The molecule has 0 bridgehead atoms. The van der Waals surface area contributed by atoms with Crippen molar-refractivity contribution in [1.82, 2.24) is 14.8 Å². The molecule has 2 rings (SSSR count). The molecule has 0 unspecified atom stereocenters. The Morgan fingerprint density at radius 2 is 2.28 bits per heavy atom. The van der Waals surface area contributed by atoms with Gasteiger partial charge >= 0.3 is 0 Å². The highest BCUT2D eigenvalue weighted by Crippen LogP contribution is 2.26. The van der Waals surface area contributed by atoms with Gasteiger partial charge in [-0.2, -0.15) is 5.10 Å². The van der Waals surface area contributed by atoms with Crippen LogP contribution < -0.4 is 4.90 Å². The number of hydrogen-bond acceptors (Lipinski definition) is 6. The number of anilines is 1. The third kappa shape index (κ3) is 4.73. The Kier molecular flexibility index (Phi) is 7.27. The molecule has 7 nitrogen and oxygen atoms in total.